The van der Waals surface area contributed by atoms with Crippen LogP contribution in [0.4, 0.5) is 0 Å². The van der Waals surface area contributed by atoms with Gasteiger partial charge >= 0.3 is 0 Å². The summed E-state index contributed by atoms with van der Waals surface area (Å²) < 4.78 is 32.5. The van der Waals surface area contributed by atoms with Crippen molar-refractivity contribution in [1.29, 1.82) is 0 Å². The molecule has 2 heterocycles. The van der Waals surface area contributed by atoms with Gasteiger partial charge in [-0.15, -0.1) is 0 Å². The number of benzene rings is 1. The second-order valence-corrected chi connectivity index (χ2v) is 8.42. The van der Waals surface area contributed by atoms with Crippen LogP contribution < -0.4 is 0 Å². The van der Waals surface area contributed by atoms with Crippen molar-refractivity contribution in [2.75, 3.05) is 32.8 Å². The molecule has 0 spiro atoms. The lowest BCUT2D eigenvalue weighted by Gasteiger charge is -2.35. The van der Waals surface area contributed by atoms with Gasteiger partial charge in [0, 0.05) is 32.8 Å². The van der Waals surface area contributed by atoms with Crippen LogP contribution >= 0.6 is 0 Å². The maximum absolute atomic E-state index is 12.8. The Labute approximate surface area is 143 Å². The van der Waals surface area contributed by atoms with E-state index >= 15 is 0 Å². The summed E-state index contributed by atoms with van der Waals surface area (Å²) in [5.74, 6) is -0.00396. The van der Waals surface area contributed by atoms with Gasteiger partial charge < -0.3 is 9.64 Å². The van der Waals surface area contributed by atoms with Gasteiger partial charge in [0.05, 0.1) is 4.90 Å². The van der Waals surface area contributed by atoms with Gasteiger partial charge in [0.15, 0.2) is 0 Å². The van der Waals surface area contributed by atoms with E-state index in [4.69, 9.17) is 4.74 Å². The fraction of sp³-hybridized carbons (Fsp3) is 0.588. The number of aryl methyl sites for hydroxylation is 2. The lowest BCUT2D eigenvalue weighted by Crippen LogP contribution is -2.52. The first-order chi connectivity index (χ1) is 11.4. The van der Waals surface area contributed by atoms with Gasteiger partial charge in [-0.05, 0) is 49.9 Å². The summed E-state index contributed by atoms with van der Waals surface area (Å²) in [6, 6.07) is 5.20. The first-order valence-corrected chi connectivity index (χ1v) is 9.81. The Hall–Kier alpha value is -1.44. The lowest BCUT2D eigenvalue weighted by atomic mass is 10.1. The maximum Gasteiger partial charge on any atom is 0.251 e. The van der Waals surface area contributed by atoms with Crippen LogP contribution in [0.3, 0.4) is 0 Å². The van der Waals surface area contributed by atoms with Gasteiger partial charge in [0.1, 0.15) is 6.10 Å². The molecule has 1 amide bonds. The van der Waals surface area contributed by atoms with Crippen molar-refractivity contribution in [2.24, 2.45) is 0 Å². The van der Waals surface area contributed by atoms with E-state index in [0.29, 0.717) is 37.7 Å². The highest BCUT2D eigenvalue weighted by molar-refractivity contribution is 7.89. The Bertz CT molecular complexity index is 718. The summed E-state index contributed by atoms with van der Waals surface area (Å²) in [6.07, 6.45) is 1.34. The van der Waals surface area contributed by atoms with Crippen molar-refractivity contribution in [2.45, 2.75) is 37.7 Å². The smallest absolute Gasteiger partial charge is 0.251 e. The number of piperazine rings is 1. The van der Waals surface area contributed by atoms with Crippen molar-refractivity contribution in [3.63, 3.8) is 0 Å². The number of carbonyl (C=O) groups is 1. The number of hydrogen-bond acceptors (Lipinski definition) is 4. The highest BCUT2D eigenvalue weighted by Crippen LogP contribution is 2.21. The van der Waals surface area contributed by atoms with E-state index in [1.54, 1.807) is 17.0 Å². The lowest BCUT2D eigenvalue weighted by molar-refractivity contribution is -0.142. The fourth-order valence-electron chi connectivity index (χ4n) is 3.15. The number of rotatable bonds is 3. The number of sulfonamides is 1. The third-order valence-corrected chi connectivity index (χ3v) is 6.77. The molecule has 0 saturated carbocycles. The molecule has 24 heavy (non-hydrogen) atoms. The number of nitrogens with zero attached hydrogens (tertiary/aromatic N) is 2. The van der Waals surface area contributed by atoms with E-state index in [-0.39, 0.29) is 12.0 Å². The number of hydrogen-bond donors (Lipinski definition) is 0. The van der Waals surface area contributed by atoms with E-state index < -0.39 is 10.0 Å². The summed E-state index contributed by atoms with van der Waals surface area (Å²) in [5.41, 5.74) is 2.03. The van der Waals surface area contributed by atoms with E-state index in [1.165, 1.54) is 4.31 Å². The predicted molar refractivity (Wildman–Crippen MR) is 90.2 cm³/mol. The van der Waals surface area contributed by atoms with E-state index in [1.807, 2.05) is 19.9 Å². The molecule has 0 aromatic heterocycles. The van der Waals surface area contributed by atoms with Gasteiger partial charge in [-0.3, -0.25) is 4.79 Å². The molecule has 1 aromatic rings. The quantitative estimate of drug-likeness (QED) is 0.823. The Morgan fingerprint density at radius 3 is 2.42 bits per heavy atom. The zero-order valence-electron chi connectivity index (χ0n) is 14.2. The van der Waals surface area contributed by atoms with Crippen LogP contribution in [0.2, 0.25) is 0 Å². The number of carbonyl (C=O) groups excluding carboxylic acids is 1. The third kappa shape index (κ3) is 3.34. The average molecular weight is 352 g/mol. The number of amides is 1. The van der Waals surface area contributed by atoms with Crippen LogP contribution in [-0.2, 0) is 19.6 Å². The van der Waals surface area contributed by atoms with Gasteiger partial charge in [-0.1, -0.05) is 6.07 Å². The second kappa shape index (κ2) is 6.82. The molecule has 2 aliphatic rings. The predicted octanol–water partition coefficient (Wildman–Crippen LogP) is 1.32. The van der Waals surface area contributed by atoms with Crippen LogP contribution in [0.1, 0.15) is 24.0 Å². The van der Waals surface area contributed by atoms with Gasteiger partial charge in [0.25, 0.3) is 5.91 Å². The van der Waals surface area contributed by atoms with Crippen LogP contribution in [0.25, 0.3) is 0 Å². The molecule has 3 rings (SSSR count). The van der Waals surface area contributed by atoms with Crippen LogP contribution in [0, 0.1) is 13.8 Å². The molecular formula is C17H24N2O4S. The molecule has 0 N–H and O–H groups in total. The zero-order chi connectivity index (χ0) is 17.3. The molecule has 0 aliphatic carbocycles. The van der Waals surface area contributed by atoms with Crippen molar-refractivity contribution >= 4 is 15.9 Å². The topological polar surface area (TPSA) is 66.9 Å². The Morgan fingerprint density at radius 1 is 1.12 bits per heavy atom. The van der Waals surface area contributed by atoms with E-state index in [2.05, 4.69) is 0 Å². The molecule has 1 atom stereocenters. The zero-order valence-corrected chi connectivity index (χ0v) is 15.0. The second-order valence-electron chi connectivity index (χ2n) is 6.48. The summed E-state index contributed by atoms with van der Waals surface area (Å²) in [5, 5.41) is 0. The molecule has 1 aromatic carbocycles. The Kier molecular flexibility index (Phi) is 4.94. The van der Waals surface area contributed by atoms with Crippen LogP contribution in [0.15, 0.2) is 23.1 Å². The molecule has 0 unspecified atom stereocenters. The van der Waals surface area contributed by atoms with Crippen molar-refractivity contribution in [1.82, 2.24) is 9.21 Å². The molecular weight excluding hydrogens is 328 g/mol. The van der Waals surface area contributed by atoms with Crippen molar-refractivity contribution in [3.8, 4) is 0 Å². The highest BCUT2D eigenvalue weighted by atomic mass is 32.2. The van der Waals surface area contributed by atoms with Gasteiger partial charge in [-0.25, -0.2) is 8.42 Å². The van der Waals surface area contributed by atoms with Crippen LogP contribution in [0.5, 0.6) is 0 Å². The normalized spacial score (nSPS) is 22.8. The van der Waals surface area contributed by atoms with E-state index in [9.17, 15) is 13.2 Å². The molecule has 2 aliphatic heterocycles. The molecule has 2 saturated heterocycles. The monoisotopic (exact) mass is 352 g/mol. The molecule has 6 nitrogen and oxygen atoms in total. The Morgan fingerprint density at radius 2 is 1.83 bits per heavy atom. The maximum atomic E-state index is 12.8. The average Bonchev–Trinajstić information content (AvgIpc) is 3.11. The van der Waals surface area contributed by atoms with Crippen molar-refractivity contribution < 1.29 is 17.9 Å². The largest absolute Gasteiger partial charge is 0.368 e. The Balaban J connectivity index is 1.67. The first-order valence-electron chi connectivity index (χ1n) is 8.37. The fourth-order valence-corrected chi connectivity index (χ4v) is 4.66. The summed E-state index contributed by atoms with van der Waals surface area (Å²) in [4.78, 5) is 14.4. The summed E-state index contributed by atoms with van der Waals surface area (Å²) >= 11 is 0. The van der Waals surface area contributed by atoms with Crippen molar-refractivity contribution in [3.05, 3.63) is 29.3 Å². The minimum absolute atomic E-state index is 0.00396. The SMILES string of the molecule is Cc1ccc(S(=O)(=O)N2CCN(C(=O)[C@@H]3CCCO3)CC2)cc1C. The summed E-state index contributed by atoms with van der Waals surface area (Å²) in [6.45, 7) is 6.00. The highest BCUT2D eigenvalue weighted by Gasteiger charge is 2.34. The van der Waals surface area contributed by atoms with Gasteiger partial charge in [-0.2, -0.15) is 4.31 Å². The third-order valence-electron chi connectivity index (χ3n) is 4.87. The summed E-state index contributed by atoms with van der Waals surface area (Å²) in [7, 11) is -3.51. The molecule has 0 bridgehead atoms. The van der Waals surface area contributed by atoms with E-state index in [0.717, 1.165) is 24.0 Å². The molecule has 7 heteroatoms. The van der Waals surface area contributed by atoms with Gasteiger partial charge in [0.2, 0.25) is 10.0 Å². The van der Waals surface area contributed by atoms with Crippen LogP contribution in [-0.4, -0.2) is 62.4 Å². The standard InChI is InChI=1S/C17H24N2O4S/c1-13-5-6-15(12-14(13)2)24(21,22)19-9-7-18(8-10-19)17(20)16-4-3-11-23-16/h5-6,12,16H,3-4,7-11H2,1-2H3/t16-/m0/s1. The first kappa shape index (κ1) is 17.4. The molecule has 2 fully saturated rings. The minimum Gasteiger partial charge on any atom is -0.368 e. The number of ether oxygens (including phenoxy) is 1. The molecule has 132 valence electrons. The minimum atomic E-state index is -3.51. The molecule has 0 radical (unpaired) electrons.